The molecule has 2 nitrogen and oxygen atoms in total. The van der Waals surface area contributed by atoms with Crippen LogP contribution in [-0.2, 0) is 0 Å². The van der Waals surface area contributed by atoms with Crippen LogP contribution in [-0.4, -0.2) is 6.61 Å². The van der Waals surface area contributed by atoms with Crippen molar-refractivity contribution in [1.82, 2.24) is 0 Å². The topological polar surface area (TPSA) is 18.5 Å². The molecule has 0 N–H and O–H groups in total. The maximum atomic E-state index is 5.93. The maximum Gasteiger partial charge on any atom is 0.163 e. The van der Waals surface area contributed by atoms with Crippen LogP contribution in [0, 0.1) is 0 Å². The molecule has 0 fully saturated rings. The van der Waals surface area contributed by atoms with E-state index in [0.29, 0.717) is 17.4 Å². The van der Waals surface area contributed by atoms with Gasteiger partial charge in [0, 0.05) is 11.1 Å². The highest BCUT2D eigenvalue weighted by molar-refractivity contribution is 6.30. The molecule has 1 unspecified atom stereocenters. The van der Waals surface area contributed by atoms with Crippen LogP contribution in [0.2, 0.25) is 5.02 Å². The van der Waals surface area contributed by atoms with Gasteiger partial charge in [0.2, 0.25) is 0 Å². The lowest BCUT2D eigenvalue weighted by Gasteiger charge is -2.26. The third kappa shape index (κ3) is 2.08. The first-order valence-corrected chi connectivity index (χ1v) is 5.85. The van der Waals surface area contributed by atoms with E-state index in [1.807, 2.05) is 36.4 Å². The van der Waals surface area contributed by atoms with Gasteiger partial charge in [-0.15, -0.1) is 0 Å². The molecule has 0 saturated carbocycles. The Balaban J connectivity index is 1.90. The predicted molar refractivity (Wildman–Crippen MR) is 66.8 cm³/mol. The molecule has 0 aliphatic carbocycles. The molecule has 86 valence electrons. The minimum atomic E-state index is -0.0674. The summed E-state index contributed by atoms with van der Waals surface area (Å²) in [4.78, 5) is 0. The van der Waals surface area contributed by atoms with Crippen LogP contribution >= 0.6 is 11.6 Å². The lowest BCUT2D eigenvalue weighted by Crippen LogP contribution is -2.21. The maximum absolute atomic E-state index is 5.93. The number of hydrogen-bond acceptors (Lipinski definition) is 2. The van der Waals surface area contributed by atoms with Crippen molar-refractivity contribution in [3.8, 4) is 11.5 Å². The molecular formula is C14H11ClO2. The summed E-state index contributed by atoms with van der Waals surface area (Å²) in [6, 6.07) is 15.4. The van der Waals surface area contributed by atoms with Crippen LogP contribution < -0.4 is 9.47 Å². The number of hydrogen-bond donors (Lipinski definition) is 0. The predicted octanol–water partition coefficient (Wildman–Crippen LogP) is 3.85. The highest BCUT2D eigenvalue weighted by Gasteiger charge is 2.22. The molecule has 0 saturated heterocycles. The van der Waals surface area contributed by atoms with Gasteiger partial charge in [0.1, 0.15) is 6.61 Å². The highest BCUT2D eigenvalue weighted by atomic mass is 35.5. The molecule has 0 radical (unpaired) electrons. The monoisotopic (exact) mass is 246 g/mol. The van der Waals surface area contributed by atoms with Gasteiger partial charge in [-0.05, 0) is 17.7 Å². The lowest BCUT2D eigenvalue weighted by atomic mass is 10.1. The van der Waals surface area contributed by atoms with E-state index in [2.05, 4.69) is 0 Å². The summed E-state index contributed by atoms with van der Waals surface area (Å²) in [5.41, 5.74) is 1.11. The zero-order chi connectivity index (χ0) is 11.7. The number of rotatable bonds is 1. The van der Waals surface area contributed by atoms with E-state index >= 15 is 0 Å². The summed E-state index contributed by atoms with van der Waals surface area (Å²) in [5.74, 6) is 1.46. The van der Waals surface area contributed by atoms with E-state index in [1.54, 1.807) is 12.1 Å². The van der Waals surface area contributed by atoms with Gasteiger partial charge in [0.05, 0.1) is 0 Å². The van der Waals surface area contributed by atoms with Crippen molar-refractivity contribution >= 4 is 11.6 Å². The van der Waals surface area contributed by atoms with E-state index in [1.165, 1.54) is 0 Å². The van der Waals surface area contributed by atoms with Crippen molar-refractivity contribution in [3.63, 3.8) is 0 Å². The molecule has 0 bridgehead atoms. The van der Waals surface area contributed by atoms with Crippen molar-refractivity contribution in [1.29, 1.82) is 0 Å². The first kappa shape index (κ1) is 10.5. The molecule has 1 aliphatic heterocycles. The SMILES string of the molecule is Clc1ccc2c(c1)OC(c1ccccc1)CO2. The summed E-state index contributed by atoms with van der Waals surface area (Å²) in [5, 5.41) is 0.654. The van der Waals surface area contributed by atoms with Gasteiger partial charge >= 0.3 is 0 Å². The molecule has 1 atom stereocenters. The van der Waals surface area contributed by atoms with Crippen molar-refractivity contribution in [2.75, 3.05) is 6.61 Å². The van der Waals surface area contributed by atoms with Crippen LogP contribution in [0.1, 0.15) is 11.7 Å². The van der Waals surface area contributed by atoms with Crippen LogP contribution in [0.5, 0.6) is 11.5 Å². The van der Waals surface area contributed by atoms with Crippen molar-refractivity contribution in [2.24, 2.45) is 0 Å². The molecule has 1 aliphatic rings. The number of benzene rings is 2. The van der Waals surface area contributed by atoms with Gasteiger partial charge in [-0.25, -0.2) is 0 Å². The van der Waals surface area contributed by atoms with Gasteiger partial charge in [0.15, 0.2) is 17.6 Å². The number of halogens is 1. The normalized spacial score (nSPS) is 17.8. The molecule has 0 aromatic heterocycles. The van der Waals surface area contributed by atoms with Gasteiger partial charge in [0.25, 0.3) is 0 Å². The summed E-state index contributed by atoms with van der Waals surface area (Å²) >= 11 is 5.93. The van der Waals surface area contributed by atoms with Gasteiger partial charge in [-0.2, -0.15) is 0 Å². The van der Waals surface area contributed by atoms with Gasteiger partial charge < -0.3 is 9.47 Å². The Labute approximate surface area is 105 Å². The average molecular weight is 247 g/mol. The van der Waals surface area contributed by atoms with Crippen LogP contribution in [0.4, 0.5) is 0 Å². The first-order chi connectivity index (χ1) is 8.33. The fourth-order valence-electron chi connectivity index (χ4n) is 1.88. The van der Waals surface area contributed by atoms with Gasteiger partial charge in [-0.3, -0.25) is 0 Å². The fraction of sp³-hybridized carbons (Fsp3) is 0.143. The molecule has 1 heterocycles. The summed E-state index contributed by atoms with van der Waals surface area (Å²) in [7, 11) is 0. The summed E-state index contributed by atoms with van der Waals surface area (Å²) in [6.07, 6.45) is -0.0674. The third-order valence-electron chi connectivity index (χ3n) is 2.74. The van der Waals surface area contributed by atoms with E-state index < -0.39 is 0 Å². The number of fused-ring (bicyclic) bond motifs is 1. The Bertz CT molecular complexity index is 525. The molecule has 3 heteroatoms. The largest absolute Gasteiger partial charge is 0.485 e. The second kappa shape index (κ2) is 4.30. The third-order valence-corrected chi connectivity index (χ3v) is 2.97. The molecule has 3 rings (SSSR count). The molecule has 0 amide bonds. The summed E-state index contributed by atoms with van der Waals surface area (Å²) in [6.45, 7) is 0.526. The highest BCUT2D eigenvalue weighted by Crippen LogP contribution is 2.37. The zero-order valence-corrected chi connectivity index (χ0v) is 9.85. The molecule has 2 aromatic carbocycles. The van der Waals surface area contributed by atoms with Crippen LogP contribution in [0.15, 0.2) is 48.5 Å². The average Bonchev–Trinajstić information content (AvgIpc) is 2.39. The molecule has 2 aromatic rings. The van der Waals surface area contributed by atoms with E-state index in [9.17, 15) is 0 Å². The standard InChI is InChI=1S/C14H11ClO2/c15-11-6-7-12-13(8-11)17-14(9-16-12)10-4-2-1-3-5-10/h1-8,14H,9H2. The lowest BCUT2D eigenvalue weighted by molar-refractivity contribution is 0.0913. The van der Waals surface area contributed by atoms with Crippen molar-refractivity contribution in [2.45, 2.75) is 6.10 Å². The van der Waals surface area contributed by atoms with Crippen LogP contribution in [0.3, 0.4) is 0 Å². The second-order valence-electron chi connectivity index (χ2n) is 3.92. The van der Waals surface area contributed by atoms with Crippen LogP contribution in [0.25, 0.3) is 0 Å². The van der Waals surface area contributed by atoms with Gasteiger partial charge in [-0.1, -0.05) is 41.9 Å². The minimum Gasteiger partial charge on any atom is -0.485 e. The van der Waals surface area contributed by atoms with E-state index in [4.69, 9.17) is 21.1 Å². The fourth-order valence-corrected chi connectivity index (χ4v) is 2.04. The number of ether oxygens (including phenoxy) is 2. The first-order valence-electron chi connectivity index (χ1n) is 5.47. The van der Waals surface area contributed by atoms with E-state index in [-0.39, 0.29) is 6.10 Å². The second-order valence-corrected chi connectivity index (χ2v) is 4.36. The Hall–Kier alpha value is -1.67. The van der Waals surface area contributed by atoms with E-state index in [0.717, 1.165) is 11.3 Å². The Morgan fingerprint density at radius 2 is 1.82 bits per heavy atom. The van der Waals surface area contributed by atoms with Crippen molar-refractivity contribution < 1.29 is 9.47 Å². The Morgan fingerprint density at radius 1 is 1.00 bits per heavy atom. The Kier molecular flexibility index (Phi) is 2.65. The Morgan fingerprint density at radius 3 is 2.65 bits per heavy atom. The molecular weight excluding hydrogens is 236 g/mol. The molecule has 0 spiro atoms. The van der Waals surface area contributed by atoms with Crippen molar-refractivity contribution in [3.05, 3.63) is 59.1 Å². The zero-order valence-electron chi connectivity index (χ0n) is 9.10. The quantitative estimate of drug-likeness (QED) is 0.761. The smallest absolute Gasteiger partial charge is 0.163 e. The molecule has 17 heavy (non-hydrogen) atoms. The minimum absolute atomic E-state index is 0.0674. The summed E-state index contributed by atoms with van der Waals surface area (Å²) < 4.78 is 11.6.